The van der Waals surface area contributed by atoms with Crippen molar-refractivity contribution in [3.63, 3.8) is 0 Å². The highest BCUT2D eigenvalue weighted by atomic mass is 16.8. The molecular weight excluding hydrogens is 556 g/mol. The van der Waals surface area contributed by atoms with Gasteiger partial charge in [-0.15, -0.1) is 0 Å². The van der Waals surface area contributed by atoms with Crippen LogP contribution in [0.5, 0.6) is 0 Å². The Balaban J connectivity index is 2.00. The fraction of sp³-hybridized carbons (Fsp3) is 0.577. The molecule has 3 heterocycles. The average molecular weight is 591 g/mol. The molecule has 1 fully saturated rings. The first-order valence-corrected chi connectivity index (χ1v) is 13.0. The maximum absolute atomic E-state index is 12.4. The summed E-state index contributed by atoms with van der Waals surface area (Å²) in [6, 6.07) is 3.81. The van der Waals surface area contributed by atoms with E-state index in [2.05, 4.69) is 25.5 Å². The number of carbonyl (C=O) groups excluding carboxylic acids is 3. The van der Waals surface area contributed by atoms with E-state index in [0.717, 1.165) is 13.3 Å². The summed E-state index contributed by atoms with van der Waals surface area (Å²) in [6.45, 7) is 8.56. The van der Waals surface area contributed by atoms with Crippen LogP contribution in [0.3, 0.4) is 0 Å². The second-order valence-corrected chi connectivity index (χ2v) is 11.0. The van der Waals surface area contributed by atoms with E-state index in [9.17, 15) is 34.7 Å². The van der Waals surface area contributed by atoms with Crippen molar-refractivity contribution in [2.75, 3.05) is 18.7 Å². The zero-order valence-corrected chi connectivity index (χ0v) is 24.0. The normalized spacial score (nSPS) is 22.8. The quantitative estimate of drug-likeness (QED) is 0.223. The van der Waals surface area contributed by atoms with E-state index in [1.54, 1.807) is 34.6 Å². The number of carbonyl (C=O) groups is 4. The second-order valence-electron chi connectivity index (χ2n) is 11.0. The smallest absolute Gasteiger partial charge is 0.480 e. The van der Waals surface area contributed by atoms with Crippen molar-refractivity contribution in [1.82, 2.24) is 19.9 Å². The third-order valence-corrected chi connectivity index (χ3v) is 6.50. The second kappa shape index (κ2) is 12.7. The molecular formula is C26H34N6O10. The average Bonchev–Trinajstić information content (AvgIpc) is 3.43. The lowest BCUT2D eigenvalue weighted by Gasteiger charge is -2.29. The molecule has 0 spiro atoms. The number of carboxylic acid groups (broad SMARTS) is 1. The maximum Gasteiger partial charge on any atom is 0.511 e. The highest BCUT2D eigenvalue weighted by molar-refractivity contribution is 5.94. The van der Waals surface area contributed by atoms with E-state index in [4.69, 9.17) is 14.2 Å². The lowest BCUT2D eigenvalue weighted by Crippen LogP contribution is -2.51. The van der Waals surface area contributed by atoms with Gasteiger partial charge in [0.05, 0.1) is 5.69 Å². The Morgan fingerprint density at radius 1 is 1.24 bits per heavy atom. The fourth-order valence-electron chi connectivity index (χ4n) is 4.35. The first-order valence-electron chi connectivity index (χ1n) is 13.0. The molecule has 0 bridgehead atoms. The summed E-state index contributed by atoms with van der Waals surface area (Å²) in [5.74, 6) is -2.40. The third-order valence-electron chi connectivity index (χ3n) is 6.50. The summed E-state index contributed by atoms with van der Waals surface area (Å²) < 4.78 is 21.9. The van der Waals surface area contributed by atoms with Gasteiger partial charge in [-0.2, -0.15) is 10.4 Å². The van der Waals surface area contributed by atoms with Crippen LogP contribution in [0.2, 0.25) is 0 Å². The van der Waals surface area contributed by atoms with Crippen LogP contribution in [-0.2, 0) is 38.9 Å². The number of amides is 1. The molecule has 0 aliphatic carbocycles. The number of aromatic nitrogens is 3. The Kier molecular flexibility index (Phi) is 9.71. The number of nitrogens with zero attached hydrogens (tertiary/aromatic N) is 4. The van der Waals surface area contributed by atoms with Gasteiger partial charge < -0.3 is 39.8 Å². The van der Waals surface area contributed by atoms with Crippen LogP contribution >= 0.6 is 0 Å². The number of nitrogens with one attached hydrogen (secondary N) is 2. The van der Waals surface area contributed by atoms with E-state index in [1.165, 1.54) is 16.6 Å². The molecule has 1 saturated heterocycles. The third kappa shape index (κ3) is 6.75. The minimum absolute atomic E-state index is 0.0185. The van der Waals surface area contributed by atoms with Gasteiger partial charge >= 0.3 is 18.1 Å². The number of fused-ring (bicyclic) bond motifs is 1. The number of anilines is 1. The van der Waals surface area contributed by atoms with Gasteiger partial charge in [-0.3, -0.25) is 14.4 Å². The molecule has 0 radical (unpaired) electrons. The van der Waals surface area contributed by atoms with Crippen LogP contribution in [-0.4, -0.2) is 86.5 Å². The van der Waals surface area contributed by atoms with Gasteiger partial charge in [-0.1, -0.05) is 34.6 Å². The standard InChI is InChI=1S/C26H34N6O10/c1-13(2)22(35)31-21-15-7-8-17(32(15)30-11-29-21)26(10-27)20(34)18(41-24(38)40-12-39-14(3)33)16(42-26)9-28-19(23(36)37)25(4,5)6/h7-8,11,13,16,18-20,28,34H,9,12H2,1-6H3,(H,36,37)(H,29,30,31,35)/t16-,18-,19?,20-,26+/m1/s1. The Bertz CT molecular complexity index is 1380. The van der Waals surface area contributed by atoms with E-state index in [-0.39, 0.29) is 35.4 Å². The Labute approximate surface area is 240 Å². The highest BCUT2D eigenvalue weighted by Crippen LogP contribution is 2.42. The molecule has 5 atom stereocenters. The lowest BCUT2D eigenvalue weighted by atomic mass is 9.86. The summed E-state index contributed by atoms with van der Waals surface area (Å²) in [5, 5.41) is 41.2. The molecule has 1 unspecified atom stereocenters. The van der Waals surface area contributed by atoms with Crippen LogP contribution < -0.4 is 10.6 Å². The number of aliphatic carboxylic acids is 1. The molecule has 1 aliphatic heterocycles. The lowest BCUT2D eigenvalue weighted by molar-refractivity contribution is -0.152. The van der Waals surface area contributed by atoms with Gasteiger partial charge in [-0.05, 0) is 17.5 Å². The highest BCUT2D eigenvalue weighted by Gasteiger charge is 2.60. The number of hydrogen-bond acceptors (Lipinski definition) is 13. The van der Waals surface area contributed by atoms with Crippen LogP contribution in [0, 0.1) is 22.7 Å². The SMILES string of the molecule is CC(=O)OCOC(=O)O[C@H]1[C@@H](O)[C@](C#N)(c2ccc3c(NC(=O)C(C)C)ncnn23)O[C@@H]1CNC(C(=O)O)C(C)(C)C. The number of hydrogen-bond donors (Lipinski definition) is 4. The van der Waals surface area contributed by atoms with Crippen molar-refractivity contribution in [1.29, 1.82) is 5.26 Å². The maximum atomic E-state index is 12.4. The molecule has 0 aromatic carbocycles. The fourth-order valence-corrected chi connectivity index (χ4v) is 4.35. The molecule has 1 amide bonds. The molecule has 42 heavy (non-hydrogen) atoms. The van der Waals surface area contributed by atoms with Crippen molar-refractivity contribution in [2.45, 2.75) is 71.5 Å². The Hall–Kier alpha value is -4.33. The Morgan fingerprint density at radius 2 is 1.93 bits per heavy atom. The number of ether oxygens (including phenoxy) is 4. The van der Waals surface area contributed by atoms with Gasteiger partial charge in [0.25, 0.3) is 0 Å². The van der Waals surface area contributed by atoms with Crippen molar-refractivity contribution in [2.24, 2.45) is 11.3 Å². The largest absolute Gasteiger partial charge is 0.511 e. The molecule has 2 aromatic heterocycles. The molecule has 16 nitrogen and oxygen atoms in total. The Morgan fingerprint density at radius 3 is 2.50 bits per heavy atom. The zero-order chi connectivity index (χ0) is 31.4. The summed E-state index contributed by atoms with van der Waals surface area (Å²) in [5.41, 5.74) is -2.64. The van der Waals surface area contributed by atoms with Crippen molar-refractivity contribution >= 4 is 35.3 Å². The minimum Gasteiger partial charge on any atom is -0.480 e. The summed E-state index contributed by atoms with van der Waals surface area (Å²) in [6.07, 6.45) is -4.86. The number of aliphatic hydroxyl groups excluding tert-OH is 1. The van der Waals surface area contributed by atoms with Gasteiger partial charge in [-0.25, -0.2) is 14.3 Å². The minimum atomic E-state index is -2.19. The first kappa shape index (κ1) is 32.2. The molecule has 3 rings (SSSR count). The van der Waals surface area contributed by atoms with E-state index in [1.807, 2.05) is 6.07 Å². The van der Waals surface area contributed by atoms with Gasteiger partial charge in [0.15, 0.2) is 11.9 Å². The number of rotatable bonds is 10. The number of carboxylic acids is 1. The molecule has 1 aliphatic rings. The summed E-state index contributed by atoms with van der Waals surface area (Å²) in [4.78, 5) is 51.7. The first-order chi connectivity index (χ1) is 19.6. The molecule has 16 heteroatoms. The van der Waals surface area contributed by atoms with Crippen molar-refractivity contribution in [3.8, 4) is 6.07 Å². The van der Waals surface area contributed by atoms with Gasteiger partial charge in [0.2, 0.25) is 18.3 Å². The van der Waals surface area contributed by atoms with E-state index >= 15 is 0 Å². The van der Waals surface area contributed by atoms with Crippen molar-refractivity contribution < 1.29 is 48.3 Å². The zero-order valence-electron chi connectivity index (χ0n) is 24.0. The molecule has 0 saturated carbocycles. The summed E-state index contributed by atoms with van der Waals surface area (Å²) in [7, 11) is 0. The van der Waals surface area contributed by atoms with Crippen LogP contribution in [0.4, 0.5) is 10.6 Å². The molecule has 4 N–H and O–H groups in total. The predicted octanol–water partition coefficient (Wildman–Crippen LogP) is 0.934. The topological polar surface area (TPSA) is 224 Å². The van der Waals surface area contributed by atoms with Crippen molar-refractivity contribution in [3.05, 3.63) is 24.2 Å². The van der Waals surface area contributed by atoms with Crippen LogP contribution in [0.15, 0.2) is 18.5 Å². The van der Waals surface area contributed by atoms with Crippen LogP contribution in [0.25, 0.3) is 5.52 Å². The summed E-state index contributed by atoms with van der Waals surface area (Å²) >= 11 is 0. The number of aliphatic hydroxyl groups is 1. The monoisotopic (exact) mass is 590 g/mol. The van der Waals surface area contributed by atoms with Crippen LogP contribution in [0.1, 0.15) is 47.2 Å². The number of esters is 1. The van der Waals surface area contributed by atoms with E-state index < -0.39 is 60.3 Å². The van der Waals surface area contributed by atoms with Gasteiger partial charge in [0.1, 0.15) is 36.2 Å². The number of nitriles is 1. The molecule has 2 aromatic rings. The van der Waals surface area contributed by atoms with E-state index in [0.29, 0.717) is 0 Å². The van der Waals surface area contributed by atoms with Gasteiger partial charge in [0, 0.05) is 19.4 Å². The molecule has 228 valence electrons. The predicted molar refractivity (Wildman–Crippen MR) is 141 cm³/mol.